The highest BCUT2D eigenvalue weighted by molar-refractivity contribution is 5.89. The molecule has 2 heterocycles. The monoisotopic (exact) mass is 512 g/mol. The number of rotatable bonds is 9. The number of aliphatic hydroxyl groups is 1. The quantitative estimate of drug-likeness (QED) is 0.276. The molecule has 0 spiro atoms. The molecule has 0 radical (unpaired) electrons. The minimum atomic E-state index is -0.722. The number of likely N-dealkylation sites (N-methyl/N-ethyl adjacent to an activating group) is 1. The molecule has 7 heteroatoms. The van der Waals surface area contributed by atoms with Crippen LogP contribution in [0.1, 0.15) is 24.0 Å². The summed E-state index contributed by atoms with van der Waals surface area (Å²) in [6.45, 7) is 1.43. The summed E-state index contributed by atoms with van der Waals surface area (Å²) in [6.07, 6.45) is 4.36. The zero-order chi connectivity index (χ0) is 26.5. The number of aromatic nitrogens is 1. The largest absolute Gasteiger partial charge is 0.394 e. The number of fused-ring (bicyclic) bond motifs is 2. The van der Waals surface area contributed by atoms with E-state index in [4.69, 9.17) is 0 Å². The molecule has 198 valence electrons. The minimum absolute atomic E-state index is 0.0729. The van der Waals surface area contributed by atoms with E-state index in [0.29, 0.717) is 12.8 Å². The Morgan fingerprint density at radius 2 is 1.74 bits per heavy atom. The Hall–Kier alpha value is -3.68. The van der Waals surface area contributed by atoms with Crippen LogP contribution in [0.3, 0.4) is 0 Å². The first-order valence-electron chi connectivity index (χ1n) is 13.4. The maximum atomic E-state index is 13.9. The number of carbonyl (C=O) groups excluding carboxylic acids is 2. The third-order valence-electron chi connectivity index (χ3n) is 7.81. The summed E-state index contributed by atoms with van der Waals surface area (Å²) in [5.41, 5.74) is 3.05. The molecule has 0 bridgehead atoms. The van der Waals surface area contributed by atoms with Gasteiger partial charge in [-0.2, -0.15) is 0 Å². The van der Waals surface area contributed by atoms with E-state index >= 15 is 0 Å². The molecular weight excluding hydrogens is 476 g/mol. The highest BCUT2D eigenvalue weighted by Crippen LogP contribution is 2.22. The third kappa shape index (κ3) is 5.74. The van der Waals surface area contributed by atoms with Gasteiger partial charge in [-0.3, -0.25) is 9.59 Å². The summed E-state index contributed by atoms with van der Waals surface area (Å²) < 4.78 is 0. The van der Waals surface area contributed by atoms with Gasteiger partial charge in [0.15, 0.2) is 0 Å². The average Bonchev–Trinajstić information content (AvgIpc) is 3.38. The Balaban J connectivity index is 1.37. The van der Waals surface area contributed by atoms with Crippen molar-refractivity contribution in [2.45, 2.75) is 37.8 Å². The van der Waals surface area contributed by atoms with Crippen molar-refractivity contribution in [1.82, 2.24) is 20.5 Å². The van der Waals surface area contributed by atoms with Gasteiger partial charge in [0.1, 0.15) is 6.04 Å². The Morgan fingerprint density at radius 3 is 2.53 bits per heavy atom. The van der Waals surface area contributed by atoms with Crippen molar-refractivity contribution in [2.75, 3.05) is 26.7 Å². The lowest BCUT2D eigenvalue weighted by molar-refractivity contribution is -0.138. The van der Waals surface area contributed by atoms with E-state index in [-0.39, 0.29) is 24.3 Å². The van der Waals surface area contributed by atoms with Crippen molar-refractivity contribution in [3.63, 3.8) is 0 Å². The van der Waals surface area contributed by atoms with Gasteiger partial charge in [-0.05, 0) is 60.3 Å². The van der Waals surface area contributed by atoms with Crippen LogP contribution in [-0.4, -0.2) is 65.6 Å². The number of carbonyl (C=O) groups is 2. The smallest absolute Gasteiger partial charge is 0.245 e. The van der Waals surface area contributed by atoms with Crippen LogP contribution in [0.25, 0.3) is 21.7 Å². The maximum absolute atomic E-state index is 13.9. The van der Waals surface area contributed by atoms with E-state index < -0.39 is 12.1 Å². The van der Waals surface area contributed by atoms with Gasteiger partial charge in [-0.25, -0.2) is 0 Å². The first-order chi connectivity index (χ1) is 18.5. The molecule has 38 heavy (non-hydrogen) atoms. The first kappa shape index (κ1) is 25.9. The van der Waals surface area contributed by atoms with Crippen LogP contribution in [0.15, 0.2) is 72.9 Å². The van der Waals surface area contributed by atoms with Crippen molar-refractivity contribution < 1.29 is 14.7 Å². The number of nitrogens with zero attached hydrogens (tertiary/aromatic N) is 1. The molecular formula is C31H36N4O3. The summed E-state index contributed by atoms with van der Waals surface area (Å²) in [6, 6.07) is 21.2. The fourth-order valence-electron chi connectivity index (χ4n) is 5.48. The van der Waals surface area contributed by atoms with Crippen LogP contribution in [0.4, 0.5) is 0 Å². The second-order valence-corrected chi connectivity index (χ2v) is 10.3. The Morgan fingerprint density at radius 1 is 1.00 bits per heavy atom. The number of benzene rings is 3. The Bertz CT molecular complexity index is 1410. The third-order valence-corrected chi connectivity index (χ3v) is 7.81. The summed E-state index contributed by atoms with van der Waals surface area (Å²) in [7, 11) is 1.72. The highest BCUT2D eigenvalue weighted by Gasteiger charge is 2.31. The standard InChI is InChI=1S/C31H36N4O3/c1-35(26(20-36)18-25-19-33-28-9-5-4-8-27(25)28)31(38)29(34-30(37)23-12-14-32-15-13-23)17-21-10-11-22-6-2-3-7-24(22)16-21/h2-11,16,19,23,26,29,32-33,36H,12-15,17-18,20H2,1H3,(H,34,37)/t26-,29-/m1/s1. The molecule has 4 N–H and O–H groups in total. The Kier molecular flexibility index (Phi) is 8.05. The van der Waals surface area contributed by atoms with Gasteiger partial charge in [0.25, 0.3) is 0 Å². The number of amides is 2. The second-order valence-electron chi connectivity index (χ2n) is 10.3. The zero-order valence-electron chi connectivity index (χ0n) is 21.8. The van der Waals surface area contributed by atoms with Gasteiger partial charge in [-0.15, -0.1) is 0 Å². The van der Waals surface area contributed by atoms with Crippen molar-refractivity contribution >= 4 is 33.5 Å². The van der Waals surface area contributed by atoms with Gasteiger partial charge in [-0.1, -0.05) is 60.7 Å². The number of aromatic amines is 1. The predicted octanol–water partition coefficient (Wildman–Crippen LogP) is 3.41. The van der Waals surface area contributed by atoms with Crippen LogP contribution >= 0.6 is 0 Å². The normalized spacial score (nSPS) is 15.8. The summed E-state index contributed by atoms with van der Waals surface area (Å²) in [5.74, 6) is -0.371. The predicted molar refractivity (Wildman–Crippen MR) is 151 cm³/mol. The van der Waals surface area contributed by atoms with E-state index in [1.54, 1.807) is 11.9 Å². The van der Waals surface area contributed by atoms with Crippen LogP contribution in [0.5, 0.6) is 0 Å². The maximum Gasteiger partial charge on any atom is 0.245 e. The topological polar surface area (TPSA) is 97.5 Å². The molecule has 7 nitrogen and oxygen atoms in total. The van der Waals surface area contributed by atoms with E-state index in [1.165, 1.54) is 0 Å². The van der Waals surface area contributed by atoms with E-state index in [0.717, 1.165) is 58.7 Å². The summed E-state index contributed by atoms with van der Waals surface area (Å²) in [4.78, 5) is 32.0. The molecule has 0 aliphatic carbocycles. The molecule has 0 unspecified atom stereocenters. The molecule has 2 atom stereocenters. The molecule has 0 saturated carbocycles. The average molecular weight is 513 g/mol. The molecule has 1 aliphatic heterocycles. The van der Waals surface area contributed by atoms with Crippen molar-refractivity contribution in [1.29, 1.82) is 0 Å². The Labute approximate surface area is 223 Å². The number of aliphatic hydroxyl groups excluding tert-OH is 1. The van der Waals surface area contributed by atoms with Crippen LogP contribution < -0.4 is 10.6 Å². The van der Waals surface area contributed by atoms with E-state index in [1.807, 2.05) is 48.7 Å². The SMILES string of the molecule is CN(C(=O)[C@@H](Cc1ccc2ccccc2c1)NC(=O)C1CCNCC1)[C@@H](CO)Cc1c[nH]c2ccccc12. The van der Waals surface area contributed by atoms with E-state index in [9.17, 15) is 14.7 Å². The number of nitrogens with one attached hydrogen (secondary N) is 3. The molecule has 5 rings (SSSR count). The molecule has 3 aromatic carbocycles. The van der Waals surface area contributed by atoms with Gasteiger partial charge in [0.2, 0.25) is 11.8 Å². The van der Waals surface area contributed by atoms with Crippen molar-refractivity contribution in [3.8, 4) is 0 Å². The van der Waals surface area contributed by atoms with Gasteiger partial charge in [0, 0.05) is 36.5 Å². The zero-order valence-corrected chi connectivity index (χ0v) is 21.8. The van der Waals surface area contributed by atoms with Crippen LogP contribution in [-0.2, 0) is 22.4 Å². The van der Waals surface area contributed by atoms with Crippen molar-refractivity contribution in [3.05, 3.63) is 84.1 Å². The summed E-state index contributed by atoms with van der Waals surface area (Å²) >= 11 is 0. The lowest BCUT2D eigenvalue weighted by Crippen LogP contribution is -2.54. The lowest BCUT2D eigenvalue weighted by atomic mass is 9.95. The van der Waals surface area contributed by atoms with Gasteiger partial charge >= 0.3 is 0 Å². The molecule has 2 amide bonds. The first-order valence-corrected chi connectivity index (χ1v) is 13.4. The minimum Gasteiger partial charge on any atom is -0.394 e. The molecule has 1 aliphatic rings. The van der Waals surface area contributed by atoms with Crippen LogP contribution in [0.2, 0.25) is 0 Å². The van der Waals surface area contributed by atoms with Crippen LogP contribution in [0, 0.1) is 5.92 Å². The fraction of sp³-hybridized carbons (Fsp3) is 0.355. The molecule has 1 aromatic heterocycles. The number of hydrogen-bond acceptors (Lipinski definition) is 4. The van der Waals surface area contributed by atoms with Gasteiger partial charge in [0.05, 0.1) is 12.6 Å². The number of piperidine rings is 1. The van der Waals surface area contributed by atoms with Gasteiger partial charge < -0.3 is 25.6 Å². The highest BCUT2D eigenvalue weighted by atomic mass is 16.3. The summed E-state index contributed by atoms with van der Waals surface area (Å²) in [5, 5.41) is 20.0. The number of hydrogen-bond donors (Lipinski definition) is 4. The fourth-order valence-corrected chi connectivity index (χ4v) is 5.48. The number of H-pyrrole nitrogens is 1. The van der Waals surface area contributed by atoms with Crippen molar-refractivity contribution in [2.24, 2.45) is 5.92 Å². The lowest BCUT2D eigenvalue weighted by Gasteiger charge is -2.32. The molecule has 1 fully saturated rings. The number of para-hydroxylation sites is 1. The van der Waals surface area contributed by atoms with E-state index in [2.05, 4.69) is 39.9 Å². The molecule has 4 aromatic rings. The second kappa shape index (κ2) is 11.8. The molecule has 1 saturated heterocycles.